The van der Waals surface area contributed by atoms with Crippen molar-refractivity contribution in [3.8, 4) is 0 Å². The lowest BCUT2D eigenvalue weighted by Gasteiger charge is -2.20. The molecule has 0 heterocycles. The van der Waals surface area contributed by atoms with E-state index in [1.807, 2.05) is 45.0 Å². The predicted octanol–water partition coefficient (Wildman–Crippen LogP) is 2.59. The monoisotopic (exact) mass is 251 g/mol. The van der Waals surface area contributed by atoms with Gasteiger partial charge in [-0.25, -0.2) is 0 Å². The third kappa shape index (κ3) is 5.19. The zero-order chi connectivity index (χ0) is 13.6. The van der Waals surface area contributed by atoms with Crippen LogP contribution in [0.15, 0.2) is 24.3 Å². The summed E-state index contributed by atoms with van der Waals surface area (Å²) in [5, 5.41) is 3.07. The van der Waals surface area contributed by atoms with E-state index < -0.39 is 5.60 Å². The highest BCUT2D eigenvalue weighted by molar-refractivity contribution is 5.75. The first-order valence-corrected chi connectivity index (χ1v) is 5.95. The number of methoxy groups -OCH3 is 1. The molecule has 0 saturated heterocycles. The minimum atomic E-state index is -0.454. The summed E-state index contributed by atoms with van der Waals surface area (Å²) in [5.41, 5.74) is 1.46. The second kappa shape index (κ2) is 6.40. The molecule has 0 aliphatic heterocycles. The molecule has 0 bridgehead atoms. The van der Waals surface area contributed by atoms with Gasteiger partial charge in [0.25, 0.3) is 0 Å². The van der Waals surface area contributed by atoms with Crippen LogP contribution in [0.2, 0.25) is 0 Å². The van der Waals surface area contributed by atoms with Gasteiger partial charge in [-0.15, -0.1) is 0 Å². The third-order valence-electron chi connectivity index (χ3n) is 2.16. The van der Waals surface area contributed by atoms with Gasteiger partial charge >= 0.3 is 5.97 Å². The first-order valence-electron chi connectivity index (χ1n) is 5.95. The maximum absolute atomic E-state index is 11.6. The van der Waals surface area contributed by atoms with E-state index in [9.17, 15) is 4.79 Å². The van der Waals surface area contributed by atoms with Crippen molar-refractivity contribution in [2.24, 2.45) is 0 Å². The molecule has 1 N–H and O–H groups in total. The molecule has 0 radical (unpaired) electrons. The topological polar surface area (TPSA) is 47.6 Å². The fourth-order valence-corrected chi connectivity index (χ4v) is 1.52. The molecule has 0 saturated carbocycles. The molecule has 0 amide bonds. The van der Waals surface area contributed by atoms with Crippen molar-refractivity contribution in [3.05, 3.63) is 29.8 Å². The van der Waals surface area contributed by atoms with Gasteiger partial charge in [-0.1, -0.05) is 18.2 Å². The summed E-state index contributed by atoms with van der Waals surface area (Å²) >= 11 is 0. The Balaban J connectivity index is 2.55. The van der Waals surface area contributed by atoms with E-state index in [1.165, 1.54) is 0 Å². The molecular weight excluding hydrogens is 230 g/mol. The van der Waals surface area contributed by atoms with E-state index in [-0.39, 0.29) is 12.5 Å². The van der Waals surface area contributed by atoms with Crippen LogP contribution in [0.4, 0.5) is 5.69 Å². The number of nitrogens with one attached hydrogen (secondary N) is 1. The molecule has 1 rings (SSSR count). The van der Waals surface area contributed by atoms with Crippen LogP contribution in [0, 0.1) is 0 Å². The number of rotatable bonds is 5. The molecule has 0 aliphatic rings. The van der Waals surface area contributed by atoms with Gasteiger partial charge in [-0.3, -0.25) is 4.79 Å². The Hall–Kier alpha value is -1.55. The largest absolute Gasteiger partial charge is 0.459 e. The van der Waals surface area contributed by atoms with Crippen LogP contribution in [0.5, 0.6) is 0 Å². The van der Waals surface area contributed by atoms with E-state index in [1.54, 1.807) is 7.11 Å². The third-order valence-corrected chi connectivity index (χ3v) is 2.16. The van der Waals surface area contributed by atoms with E-state index in [0.29, 0.717) is 6.61 Å². The zero-order valence-electron chi connectivity index (χ0n) is 11.4. The van der Waals surface area contributed by atoms with Gasteiger partial charge in [0.05, 0.1) is 6.61 Å². The summed E-state index contributed by atoms with van der Waals surface area (Å²) in [6, 6.07) is 7.73. The number of hydrogen-bond donors (Lipinski definition) is 1. The molecular formula is C14H21NO3. The number of ether oxygens (including phenoxy) is 2. The van der Waals surface area contributed by atoms with Gasteiger partial charge in [-0.2, -0.15) is 0 Å². The van der Waals surface area contributed by atoms with Crippen LogP contribution in [-0.4, -0.2) is 25.2 Å². The molecule has 0 unspecified atom stereocenters. The van der Waals surface area contributed by atoms with E-state index in [2.05, 4.69) is 5.32 Å². The van der Waals surface area contributed by atoms with Gasteiger partial charge < -0.3 is 14.8 Å². The van der Waals surface area contributed by atoms with Gasteiger partial charge in [0.2, 0.25) is 0 Å². The highest BCUT2D eigenvalue weighted by atomic mass is 16.6. The highest BCUT2D eigenvalue weighted by Gasteiger charge is 2.16. The second-order valence-corrected chi connectivity index (χ2v) is 5.03. The first-order chi connectivity index (χ1) is 8.42. The number of anilines is 1. The van der Waals surface area contributed by atoms with Crippen molar-refractivity contribution in [2.75, 3.05) is 19.0 Å². The van der Waals surface area contributed by atoms with Crippen molar-refractivity contribution >= 4 is 11.7 Å². The molecule has 4 nitrogen and oxygen atoms in total. The molecule has 1 aromatic carbocycles. The van der Waals surface area contributed by atoms with Gasteiger partial charge in [-0.05, 0) is 26.8 Å². The summed E-state index contributed by atoms with van der Waals surface area (Å²) in [4.78, 5) is 11.6. The average Bonchev–Trinajstić information content (AvgIpc) is 2.26. The van der Waals surface area contributed by atoms with Gasteiger partial charge in [0.15, 0.2) is 0 Å². The van der Waals surface area contributed by atoms with Gasteiger partial charge in [0.1, 0.15) is 12.1 Å². The first kappa shape index (κ1) is 14.5. The summed E-state index contributed by atoms with van der Waals surface area (Å²) in [5.74, 6) is -0.269. The van der Waals surface area contributed by atoms with Crippen LogP contribution in [0.25, 0.3) is 0 Å². The molecule has 0 aromatic heterocycles. The quantitative estimate of drug-likeness (QED) is 0.817. The Labute approximate surface area is 108 Å². The van der Waals surface area contributed by atoms with E-state index in [4.69, 9.17) is 9.47 Å². The Morgan fingerprint density at radius 2 is 1.94 bits per heavy atom. The van der Waals surface area contributed by atoms with Crippen molar-refractivity contribution in [3.63, 3.8) is 0 Å². The van der Waals surface area contributed by atoms with Crippen LogP contribution >= 0.6 is 0 Å². The Kier molecular flexibility index (Phi) is 5.16. The lowest BCUT2D eigenvalue weighted by molar-refractivity contribution is -0.152. The normalized spacial score (nSPS) is 11.1. The summed E-state index contributed by atoms with van der Waals surface area (Å²) in [6.45, 7) is 6.22. The second-order valence-electron chi connectivity index (χ2n) is 5.03. The molecule has 100 valence electrons. The number of hydrogen-bond acceptors (Lipinski definition) is 4. The number of esters is 1. The van der Waals surface area contributed by atoms with Gasteiger partial charge in [0, 0.05) is 18.4 Å². The summed E-state index contributed by atoms with van der Waals surface area (Å²) in [7, 11) is 1.64. The van der Waals surface area contributed by atoms with Crippen molar-refractivity contribution in [1.29, 1.82) is 0 Å². The van der Waals surface area contributed by atoms with Crippen molar-refractivity contribution in [1.82, 2.24) is 0 Å². The Morgan fingerprint density at radius 1 is 1.28 bits per heavy atom. The number of carbonyl (C=O) groups excluding carboxylic acids is 1. The Morgan fingerprint density at radius 3 is 2.56 bits per heavy atom. The lowest BCUT2D eigenvalue weighted by atomic mass is 10.2. The SMILES string of the molecule is COCc1ccccc1NCC(=O)OC(C)(C)C. The van der Waals surface area contributed by atoms with E-state index in [0.717, 1.165) is 11.3 Å². The summed E-state index contributed by atoms with van der Waals surface area (Å²) in [6.07, 6.45) is 0. The van der Waals surface area contributed by atoms with Crippen molar-refractivity contribution in [2.45, 2.75) is 33.0 Å². The number of para-hydroxylation sites is 1. The fraction of sp³-hybridized carbons (Fsp3) is 0.500. The maximum Gasteiger partial charge on any atom is 0.325 e. The maximum atomic E-state index is 11.6. The van der Waals surface area contributed by atoms with Crippen molar-refractivity contribution < 1.29 is 14.3 Å². The molecule has 4 heteroatoms. The predicted molar refractivity (Wildman–Crippen MR) is 71.5 cm³/mol. The van der Waals surface area contributed by atoms with E-state index >= 15 is 0 Å². The molecule has 18 heavy (non-hydrogen) atoms. The average molecular weight is 251 g/mol. The molecule has 0 fully saturated rings. The molecule has 0 atom stereocenters. The highest BCUT2D eigenvalue weighted by Crippen LogP contribution is 2.16. The van der Waals surface area contributed by atoms with Crippen LogP contribution in [0.1, 0.15) is 26.3 Å². The fourth-order valence-electron chi connectivity index (χ4n) is 1.52. The molecule has 0 spiro atoms. The lowest BCUT2D eigenvalue weighted by Crippen LogP contribution is -2.28. The zero-order valence-corrected chi connectivity index (χ0v) is 11.4. The minimum absolute atomic E-state index is 0.151. The Bertz CT molecular complexity index is 396. The van der Waals surface area contributed by atoms with Crippen LogP contribution in [-0.2, 0) is 20.9 Å². The summed E-state index contributed by atoms with van der Waals surface area (Å²) < 4.78 is 10.3. The number of carbonyl (C=O) groups is 1. The smallest absolute Gasteiger partial charge is 0.325 e. The number of benzene rings is 1. The minimum Gasteiger partial charge on any atom is -0.459 e. The standard InChI is InChI=1S/C14H21NO3/c1-14(2,3)18-13(16)9-15-12-8-6-5-7-11(12)10-17-4/h5-8,15H,9-10H2,1-4H3. The van der Waals surface area contributed by atoms with Crippen LogP contribution < -0.4 is 5.32 Å². The molecule has 1 aromatic rings. The van der Waals surface area contributed by atoms with Crippen LogP contribution in [0.3, 0.4) is 0 Å². The molecule has 0 aliphatic carbocycles.